The topological polar surface area (TPSA) is 12.4 Å². The maximum atomic E-state index is 6.08. The molecule has 2 aromatic carbocycles. The first-order valence-corrected chi connectivity index (χ1v) is 31.2. The van der Waals surface area contributed by atoms with Crippen LogP contribution in [0.3, 0.4) is 0 Å². The second-order valence-corrected chi connectivity index (χ2v) is 49.1. The van der Waals surface area contributed by atoms with E-state index >= 15 is 0 Å². The van der Waals surface area contributed by atoms with Gasteiger partial charge in [-0.05, 0) is 28.3 Å². The third-order valence-electron chi connectivity index (χ3n) is 9.69. The molecule has 0 aromatic heterocycles. The van der Waals surface area contributed by atoms with Crippen LogP contribution < -0.4 is 0 Å². The minimum atomic E-state index is -1.44. The molecule has 0 bridgehead atoms. The molecule has 0 heterocycles. The Balaban J connectivity index is 0.000000502. The van der Waals surface area contributed by atoms with E-state index in [1.165, 1.54) is 62.4 Å². The maximum Gasteiger partial charge on any atom is 0.0873 e. The van der Waals surface area contributed by atoms with Crippen molar-refractivity contribution in [3.8, 4) is 0 Å². The van der Waals surface area contributed by atoms with Crippen LogP contribution in [-0.4, -0.2) is 23.2 Å². The van der Waals surface area contributed by atoms with E-state index in [0.29, 0.717) is 0 Å². The Hall–Kier alpha value is -1.01. The van der Waals surface area contributed by atoms with Gasteiger partial charge in [-0.25, -0.2) is 0 Å². The molecule has 0 atom stereocenters. The normalized spacial score (nSPS) is 13.3. The number of benzene rings is 2. The van der Waals surface area contributed by atoms with Gasteiger partial charge in [0.2, 0.25) is 0 Å². The molecule has 0 spiro atoms. The second-order valence-electron chi connectivity index (χ2n) is 14.5. The van der Waals surface area contributed by atoms with Gasteiger partial charge >= 0.3 is 0 Å². The number of rotatable bonds is 16. The van der Waals surface area contributed by atoms with Crippen LogP contribution in [0.15, 0.2) is 102 Å². The summed E-state index contributed by atoms with van der Waals surface area (Å²) in [6.45, 7) is 32.0. The van der Waals surface area contributed by atoms with Crippen molar-refractivity contribution in [2.45, 2.75) is 123 Å². The quantitative estimate of drug-likeness (QED) is 0.0935. The fraction of sp³-hybridized carbons (Fsp3) is 0.487. The van der Waals surface area contributed by atoms with Gasteiger partial charge in [-0.15, -0.1) is 0 Å². The molecule has 0 unspecified atom stereocenters. The zero-order valence-electron chi connectivity index (χ0n) is 30.4. The van der Waals surface area contributed by atoms with Crippen LogP contribution in [-0.2, 0) is 21.7 Å². The third-order valence-corrected chi connectivity index (χ3v) is 71.6. The SMILES string of the molecule is C=C(C(=C)c1ccccc1)c1ccccc1.CCCC[Si](C)(C)P(=NC1=CC=CC1)([Si](C)(C)CCCC)[Si](C)(C)CCCC.[Ti]. The summed E-state index contributed by atoms with van der Waals surface area (Å²) in [6, 6.07) is 24.8. The van der Waals surface area contributed by atoms with Gasteiger partial charge < -0.3 is 0 Å². The van der Waals surface area contributed by atoms with E-state index in [1.54, 1.807) is 0 Å². The van der Waals surface area contributed by atoms with Crippen LogP contribution in [0.5, 0.6) is 0 Å². The smallest absolute Gasteiger partial charge is 0.0873 e. The van der Waals surface area contributed by atoms with Crippen molar-refractivity contribution >= 4 is 40.1 Å². The van der Waals surface area contributed by atoms with E-state index in [1.807, 2.05) is 36.4 Å². The monoisotopic (exact) mass is 709 g/mol. The summed E-state index contributed by atoms with van der Waals surface area (Å²) in [4.78, 5) is 0. The van der Waals surface area contributed by atoms with E-state index in [2.05, 4.69) is 116 Å². The molecular weight excluding hydrogens is 646 g/mol. The van der Waals surface area contributed by atoms with Crippen LogP contribution >= 0.6 is 5.70 Å². The predicted molar refractivity (Wildman–Crippen MR) is 214 cm³/mol. The van der Waals surface area contributed by atoms with E-state index < -0.39 is 28.9 Å². The summed E-state index contributed by atoms with van der Waals surface area (Å²) in [5, 5.41) is 0. The number of hydrogen-bond donors (Lipinski definition) is 0. The summed E-state index contributed by atoms with van der Waals surface area (Å²) >= 11 is 0. The summed E-state index contributed by atoms with van der Waals surface area (Å²) in [6.07, 6.45) is 16.3. The molecule has 0 N–H and O–H groups in total. The van der Waals surface area contributed by atoms with Gasteiger partial charge in [0.1, 0.15) is 0 Å². The summed E-state index contributed by atoms with van der Waals surface area (Å²) in [5.41, 5.74) is 4.33. The van der Waals surface area contributed by atoms with Crippen molar-refractivity contribution < 1.29 is 21.7 Å². The van der Waals surface area contributed by atoms with Crippen LogP contribution in [0.1, 0.15) is 76.8 Å². The largest absolute Gasteiger partial charge is 0.283 e. The molecule has 246 valence electrons. The molecule has 2 aromatic rings. The van der Waals surface area contributed by atoms with E-state index in [0.717, 1.165) is 28.7 Å². The zero-order valence-corrected chi connectivity index (χ0v) is 35.8. The Morgan fingerprint density at radius 3 is 1.29 bits per heavy atom. The predicted octanol–water partition coefficient (Wildman–Crippen LogP) is 14.5. The van der Waals surface area contributed by atoms with Crippen molar-refractivity contribution in [3.05, 3.63) is 109 Å². The van der Waals surface area contributed by atoms with Gasteiger partial charge in [-0.1, -0.05) is 208 Å². The van der Waals surface area contributed by atoms with Crippen LogP contribution in [0, 0.1) is 0 Å². The minimum absolute atomic E-state index is 0. The van der Waals surface area contributed by atoms with Gasteiger partial charge in [0.15, 0.2) is 0 Å². The molecule has 0 saturated carbocycles. The van der Waals surface area contributed by atoms with Crippen molar-refractivity contribution in [1.29, 1.82) is 0 Å². The van der Waals surface area contributed by atoms with Gasteiger partial charge in [0.25, 0.3) is 0 Å². The molecule has 1 nitrogen and oxygen atoms in total. The zero-order chi connectivity index (χ0) is 32.9. The Morgan fingerprint density at radius 2 is 1.00 bits per heavy atom. The molecular formula is C39H64NPSi3Ti. The van der Waals surface area contributed by atoms with Gasteiger partial charge in [0, 0.05) is 33.8 Å². The number of nitrogens with zero attached hydrogens (tertiary/aromatic N) is 1. The number of allylic oxidation sites excluding steroid dienone is 5. The fourth-order valence-corrected chi connectivity index (χ4v) is 91.4. The molecule has 1 aliphatic rings. The van der Waals surface area contributed by atoms with Crippen molar-refractivity contribution in [3.63, 3.8) is 0 Å². The van der Waals surface area contributed by atoms with Crippen molar-refractivity contribution in [2.24, 2.45) is 4.74 Å². The Labute approximate surface area is 296 Å². The molecule has 0 fully saturated rings. The molecule has 0 saturated heterocycles. The summed E-state index contributed by atoms with van der Waals surface area (Å²) < 4.78 is 6.08. The molecule has 45 heavy (non-hydrogen) atoms. The van der Waals surface area contributed by atoms with Crippen LogP contribution in [0.4, 0.5) is 0 Å². The molecule has 0 aliphatic heterocycles. The first kappa shape index (κ1) is 42.0. The average Bonchev–Trinajstić information content (AvgIpc) is 3.54. The van der Waals surface area contributed by atoms with Crippen molar-refractivity contribution in [1.82, 2.24) is 0 Å². The van der Waals surface area contributed by atoms with Gasteiger partial charge in [-0.2, -0.15) is 0 Å². The Bertz CT molecular complexity index is 1200. The van der Waals surface area contributed by atoms with E-state index in [4.69, 9.17) is 4.74 Å². The van der Waals surface area contributed by atoms with Crippen LogP contribution in [0.2, 0.25) is 57.4 Å². The first-order valence-electron chi connectivity index (χ1n) is 17.3. The molecule has 3 rings (SSSR count). The van der Waals surface area contributed by atoms with Crippen molar-refractivity contribution in [2.75, 3.05) is 0 Å². The van der Waals surface area contributed by atoms with Crippen LogP contribution in [0.25, 0.3) is 11.1 Å². The van der Waals surface area contributed by atoms with E-state index in [-0.39, 0.29) is 21.7 Å². The molecule has 6 heteroatoms. The van der Waals surface area contributed by atoms with Gasteiger partial charge in [-0.3, -0.25) is 4.74 Å². The minimum Gasteiger partial charge on any atom is -0.283 e. The molecule has 0 amide bonds. The first-order chi connectivity index (χ1) is 20.8. The van der Waals surface area contributed by atoms with Gasteiger partial charge in [0.05, 0.1) is 23.2 Å². The molecule has 0 radical (unpaired) electrons. The third kappa shape index (κ3) is 11.0. The maximum absolute atomic E-state index is 6.08. The average molecular weight is 710 g/mol. The standard InChI is InChI=1S/C23H50NPSi3.C16H14.Ti/c1-10-13-20-26(4,5)25(24-23-18-16-17-19-23,27(6,7)21-14-11-2)28(8,9)22-15-12-3;1-13(15-9-5-3-6-10-15)14(2)16-11-7-4-8-12-16;/h16-18H,10-15,19-22H2,1-9H3;3-12H,1-2H2;. The molecule has 1 aliphatic carbocycles. The summed E-state index contributed by atoms with van der Waals surface area (Å²) in [5.74, 6) is 0. The Kier molecular flexibility index (Phi) is 18.4. The number of unbranched alkanes of at least 4 members (excludes halogenated alkanes) is 3. The fourth-order valence-electron chi connectivity index (χ4n) is 7.51. The van der Waals surface area contributed by atoms with E-state index in [9.17, 15) is 0 Å². The number of hydrogen-bond acceptors (Lipinski definition) is 1. The second kappa shape index (κ2) is 19.7. The summed E-state index contributed by atoms with van der Waals surface area (Å²) in [7, 11) is -4.33. The Morgan fingerprint density at radius 1 is 0.644 bits per heavy atom.